The third-order valence-corrected chi connectivity index (χ3v) is 3.05. The van der Waals surface area contributed by atoms with Gasteiger partial charge in [0.05, 0.1) is 0 Å². The Balaban J connectivity index is 2.31. The number of aliphatic hydroxyl groups excluding tert-OH is 1. The zero-order valence-corrected chi connectivity index (χ0v) is 10.1. The predicted octanol–water partition coefficient (Wildman–Crippen LogP) is 2.07. The van der Waals surface area contributed by atoms with Gasteiger partial charge in [-0.1, -0.05) is 24.3 Å². The third kappa shape index (κ3) is 2.39. The first kappa shape index (κ1) is 11.9. The minimum Gasteiger partial charge on any atom is -0.374 e. The fourth-order valence-corrected chi connectivity index (χ4v) is 2.24. The van der Waals surface area contributed by atoms with Gasteiger partial charge < -0.3 is 10.0 Å². The summed E-state index contributed by atoms with van der Waals surface area (Å²) in [6.07, 6.45) is 3.02. The van der Waals surface area contributed by atoms with Crippen molar-refractivity contribution in [2.45, 2.75) is 26.0 Å². The van der Waals surface area contributed by atoms with Crippen molar-refractivity contribution < 1.29 is 9.90 Å². The summed E-state index contributed by atoms with van der Waals surface area (Å²) in [5.74, 6) is 0.239. The molecule has 0 spiro atoms. The molecule has 0 saturated heterocycles. The van der Waals surface area contributed by atoms with E-state index in [1.165, 1.54) is 5.56 Å². The van der Waals surface area contributed by atoms with Gasteiger partial charge in [0.1, 0.15) is 6.23 Å². The number of fused-ring (bicyclic) bond motifs is 1. The van der Waals surface area contributed by atoms with Crippen molar-refractivity contribution in [3.8, 4) is 0 Å². The Labute approximate surface area is 101 Å². The van der Waals surface area contributed by atoms with Crippen LogP contribution in [0.5, 0.6) is 0 Å². The number of aliphatic hydroxyl groups is 1. The fraction of sp³-hybridized carbons (Fsp3) is 0.357. The summed E-state index contributed by atoms with van der Waals surface area (Å²) in [6.45, 7) is 4.03. The number of allylic oxidation sites excluding steroid dienone is 1. The van der Waals surface area contributed by atoms with Crippen molar-refractivity contribution in [2.75, 3.05) is 11.4 Å². The number of nitrogens with zero attached hydrogens (tertiary/aromatic N) is 1. The number of hydrogen-bond donors (Lipinski definition) is 1. The van der Waals surface area contributed by atoms with Crippen molar-refractivity contribution in [1.82, 2.24) is 0 Å². The summed E-state index contributed by atoms with van der Waals surface area (Å²) in [5, 5.41) is 9.73. The summed E-state index contributed by atoms with van der Waals surface area (Å²) in [4.78, 5) is 12.9. The molecule has 1 N–H and O–H groups in total. The number of ketones is 1. The van der Waals surface area contributed by atoms with Gasteiger partial charge in [-0.05, 0) is 31.6 Å². The second-order valence-corrected chi connectivity index (χ2v) is 4.42. The van der Waals surface area contributed by atoms with Crippen LogP contribution in [-0.2, 0) is 4.79 Å². The molecule has 90 valence electrons. The Morgan fingerprint density at radius 3 is 2.88 bits per heavy atom. The van der Waals surface area contributed by atoms with E-state index >= 15 is 0 Å². The van der Waals surface area contributed by atoms with E-state index < -0.39 is 6.23 Å². The van der Waals surface area contributed by atoms with Gasteiger partial charge in [-0.2, -0.15) is 0 Å². The number of anilines is 1. The molecule has 3 heteroatoms. The van der Waals surface area contributed by atoms with Gasteiger partial charge >= 0.3 is 0 Å². The highest BCUT2D eigenvalue weighted by molar-refractivity contribution is 5.87. The molecule has 0 saturated carbocycles. The Morgan fingerprint density at radius 2 is 2.24 bits per heavy atom. The van der Waals surface area contributed by atoms with Gasteiger partial charge in [0.15, 0.2) is 5.78 Å². The summed E-state index contributed by atoms with van der Waals surface area (Å²) in [5.41, 5.74) is 2.23. The zero-order chi connectivity index (χ0) is 12.4. The van der Waals surface area contributed by atoms with Crippen molar-refractivity contribution >= 4 is 11.5 Å². The maximum absolute atomic E-state index is 11.0. The second kappa shape index (κ2) is 4.72. The van der Waals surface area contributed by atoms with E-state index in [1.54, 1.807) is 19.9 Å². The number of para-hydroxylation sites is 1. The second-order valence-electron chi connectivity index (χ2n) is 4.42. The van der Waals surface area contributed by atoms with Crippen molar-refractivity contribution in [1.29, 1.82) is 0 Å². The lowest BCUT2D eigenvalue weighted by Gasteiger charge is -2.22. The molecule has 1 aromatic carbocycles. The van der Waals surface area contributed by atoms with E-state index in [0.29, 0.717) is 0 Å². The quantitative estimate of drug-likeness (QED) is 0.810. The first-order valence-electron chi connectivity index (χ1n) is 5.82. The maximum atomic E-state index is 11.0. The zero-order valence-electron chi connectivity index (χ0n) is 10.1. The van der Waals surface area contributed by atoms with Crippen molar-refractivity contribution in [3.05, 3.63) is 42.0 Å². The highest BCUT2D eigenvalue weighted by Gasteiger charge is 2.28. The van der Waals surface area contributed by atoms with Gasteiger partial charge in [0, 0.05) is 18.2 Å². The van der Waals surface area contributed by atoms with E-state index in [0.717, 1.165) is 12.2 Å². The standard InChI is InChI=1S/C14H17NO2/c1-10(16)7-8-12-9-15(11(2)17)14-6-4-3-5-13(12)14/h3-8,11-12,17H,9H2,1-2H3/b8-7+. The molecule has 0 amide bonds. The molecule has 2 rings (SSSR count). The number of rotatable bonds is 3. The first-order valence-corrected chi connectivity index (χ1v) is 5.82. The summed E-state index contributed by atoms with van der Waals surface area (Å²) < 4.78 is 0. The van der Waals surface area contributed by atoms with Crippen LogP contribution in [0.4, 0.5) is 5.69 Å². The van der Waals surface area contributed by atoms with Gasteiger partial charge in [-0.15, -0.1) is 0 Å². The summed E-state index contributed by atoms with van der Waals surface area (Å²) in [6, 6.07) is 8.00. The van der Waals surface area contributed by atoms with Gasteiger partial charge in [-0.25, -0.2) is 0 Å². The number of hydrogen-bond acceptors (Lipinski definition) is 3. The molecule has 1 aliphatic rings. The number of carbonyl (C=O) groups excluding carboxylic acids is 1. The largest absolute Gasteiger partial charge is 0.374 e. The molecule has 17 heavy (non-hydrogen) atoms. The molecule has 1 heterocycles. The van der Waals surface area contributed by atoms with E-state index in [4.69, 9.17) is 0 Å². The maximum Gasteiger partial charge on any atom is 0.152 e. The lowest BCUT2D eigenvalue weighted by atomic mass is 10.0. The smallest absolute Gasteiger partial charge is 0.152 e. The number of carbonyl (C=O) groups is 1. The average Bonchev–Trinajstić information content (AvgIpc) is 2.65. The molecule has 0 radical (unpaired) electrons. The molecular weight excluding hydrogens is 214 g/mol. The van der Waals surface area contributed by atoms with Gasteiger partial charge in [-0.3, -0.25) is 4.79 Å². The van der Waals surface area contributed by atoms with Gasteiger partial charge in [0.25, 0.3) is 0 Å². The molecule has 2 atom stereocenters. The van der Waals surface area contributed by atoms with Crippen LogP contribution in [0.15, 0.2) is 36.4 Å². The molecule has 1 aliphatic heterocycles. The monoisotopic (exact) mass is 231 g/mol. The Kier molecular flexibility index (Phi) is 3.29. The van der Waals surface area contributed by atoms with Crippen LogP contribution in [0.1, 0.15) is 25.3 Å². The van der Waals surface area contributed by atoms with Crippen LogP contribution in [-0.4, -0.2) is 23.7 Å². The topological polar surface area (TPSA) is 40.5 Å². The Bertz CT molecular complexity index is 451. The minimum absolute atomic E-state index is 0.0537. The average molecular weight is 231 g/mol. The molecule has 0 aromatic heterocycles. The highest BCUT2D eigenvalue weighted by atomic mass is 16.3. The molecule has 0 bridgehead atoms. The minimum atomic E-state index is -0.508. The third-order valence-electron chi connectivity index (χ3n) is 3.05. The van der Waals surface area contributed by atoms with E-state index in [2.05, 4.69) is 0 Å². The molecular formula is C14H17NO2. The normalized spacial score (nSPS) is 20.6. The van der Waals surface area contributed by atoms with E-state index in [9.17, 15) is 9.90 Å². The lowest BCUT2D eigenvalue weighted by Crippen LogP contribution is -2.31. The van der Waals surface area contributed by atoms with Crippen molar-refractivity contribution in [2.24, 2.45) is 0 Å². The van der Waals surface area contributed by atoms with Crippen LogP contribution >= 0.6 is 0 Å². The molecule has 3 nitrogen and oxygen atoms in total. The number of benzene rings is 1. The van der Waals surface area contributed by atoms with Crippen LogP contribution in [0.3, 0.4) is 0 Å². The lowest BCUT2D eigenvalue weighted by molar-refractivity contribution is -0.112. The van der Waals surface area contributed by atoms with Crippen LogP contribution < -0.4 is 4.90 Å². The SMILES string of the molecule is CC(=O)/C=C/C1CN(C(C)O)c2ccccc21. The Hall–Kier alpha value is -1.61. The van der Waals surface area contributed by atoms with E-state index in [-0.39, 0.29) is 11.7 Å². The fourth-order valence-electron chi connectivity index (χ4n) is 2.24. The van der Waals surface area contributed by atoms with Crippen LogP contribution in [0.25, 0.3) is 0 Å². The molecule has 2 unspecified atom stereocenters. The molecule has 1 aromatic rings. The van der Waals surface area contributed by atoms with Gasteiger partial charge in [0.2, 0.25) is 0 Å². The Morgan fingerprint density at radius 1 is 1.53 bits per heavy atom. The summed E-state index contributed by atoms with van der Waals surface area (Å²) in [7, 11) is 0. The van der Waals surface area contributed by atoms with Crippen molar-refractivity contribution in [3.63, 3.8) is 0 Å². The highest BCUT2D eigenvalue weighted by Crippen LogP contribution is 2.37. The van der Waals surface area contributed by atoms with E-state index in [1.807, 2.05) is 35.2 Å². The molecule has 0 fully saturated rings. The molecule has 0 aliphatic carbocycles. The summed E-state index contributed by atoms with van der Waals surface area (Å²) >= 11 is 0. The predicted molar refractivity (Wildman–Crippen MR) is 68.0 cm³/mol. The van der Waals surface area contributed by atoms with Crippen LogP contribution in [0.2, 0.25) is 0 Å². The first-order chi connectivity index (χ1) is 8.09. The van der Waals surface area contributed by atoms with Crippen LogP contribution in [0, 0.1) is 0 Å².